The van der Waals surface area contributed by atoms with E-state index in [1.165, 1.54) is 6.20 Å². The van der Waals surface area contributed by atoms with E-state index in [-0.39, 0.29) is 17.4 Å². The first-order valence-corrected chi connectivity index (χ1v) is 6.74. The van der Waals surface area contributed by atoms with Gasteiger partial charge in [0.15, 0.2) is 11.4 Å². The van der Waals surface area contributed by atoms with Crippen LogP contribution < -0.4 is 4.74 Å². The van der Waals surface area contributed by atoms with Crippen LogP contribution in [0.5, 0.6) is 11.5 Å². The number of carboxylic acids is 1. The van der Waals surface area contributed by atoms with Crippen LogP contribution in [-0.4, -0.2) is 21.0 Å². The van der Waals surface area contributed by atoms with Crippen LogP contribution in [0.2, 0.25) is 0 Å². The van der Waals surface area contributed by atoms with E-state index in [0.29, 0.717) is 11.6 Å². The van der Waals surface area contributed by atoms with Gasteiger partial charge in [-0.1, -0.05) is 31.5 Å². The van der Waals surface area contributed by atoms with Crippen LogP contribution in [-0.2, 0) is 0 Å². The van der Waals surface area contributed by atoms with Gasteiger partial charge in [-0.15, -0.1) is 0 Å². The van der Waals surface area contributed by atoms with Gasteiger partial charge in [0, 0.05) is 5.92 Å². The third-order valence-corrected chi connectivity index (χ3v) is 3.04. The lowest BCUT2D eigenvalue weighted by molar-refractivity contribution is 0.0686. The molecule has 0 atom stereocenters. The Kier molecular flexibility index (Phi) is 4.21. The first-order chi connectivity index (χ1) is 9.88. The Morgan fingerprint density at radius 1 is 1.24 bits per heavy atom. The lowest BCUT2D eigenvalue weighted by atomic mass is 10.1. The second-order valence-electron chi connectivity index (χ2n) is 5.27. The summed E-state index contributed by atoms with van der Waals surface area (Å²) >= 11 is 0. The summed E-state index contributed by atoms with van der Waals surface area (Å²) in [6.07, 6.45) is 1.42. The van der Waals surface area contributed by atoms with Gasteiger partial charge in [-0.25, -0.2) is 14.8 Å². The number of nitrogens with zero attached hydrogens (tertiary/aromatic N) is 2. The predicted octanol–water partition coefficient (Wildman–Crippen LogP) is 3.71. The van der Waals surface area contributed by atoms with Crippen molar-refractivity contribution in [3.8, 4) is 11.5 Å². The van der Waals surface area contributed by atoms with Crippen molar-refractivity contribution in [2.45, 2.75) is 33.6 Å². The SMILES string of the molecule is Cc1ccc(Oc2cnc(C(C)C)nc2C(=O)O)c(C)c1. The molecule has 1 aromatic carbocycles. The lowest BCUT2D eigenvalue weighted by Crippen LogP contribution is -2.08. The standard InChI is InChI=1S/C16H18N2O3/c1-9(2)15-17-8-13(14(18-15)16(19)20)21-12-6-5-10(3)7-11(12)4/h5-9H,1-4H3,(H,19,20). The molecule has 5 heteroatoms. The van der Waals surface area contributed by atoms with Gasteiger partial charge in [-0.3, -0.25) is 0 Å². The van der Waals surface area contributed by atoms with Crippen LogP contribution >= 0.6 is 0 Å². The second-order valence-corrected chi connectivity index (χ2v) is 5.27. The molecule has 110 valence electrons. The van der Waals surface area contributed by atoms with E-state index in [9.17, 15) is 9.90 Å². The molecule has 0 bridgehead atoms. The molecule has 0 fully saturated rings. The van der Waals surface area contributed by atoms with Gasteiger partial charge in [0.1, 0.15) is 11.6 Å². The number of hydrogen-bond acceptors (Lipinski definition) is 4. The first-order valence-electron chi connectivity index (χ1n) is 6.74. The first kappa shape index (κ1) is 15.0. The van der Waals surface area contributed by atoms with E-state index >= 15 is 0 Å². The summed E-state index contributed by atoms with van der Waals surface area (Å²) in [6, 6.07) is 5.69. The van der Waals surface area contributed by atoms with Crippen molar-refractivity contribution in [1.29, 1.82) is 0 Å². The Morgan fingerprint density at radius 2 is 1.95 bits per heavy atom. The maximum atomic E-state index is 11.4. The molecule has 2 rings (SSSR count). The largest absolute Gasteiger partial charge is 0.476 e. The van der Waals surface area contributed by atoms with Crippen LogP contribution in [0.15, 0.2) is 24.4 Å². The van der Waals surface area contributed by atoms with E-state index in [1.807, 2.05) is 45.9 Å². The number of aromatic carboxylic acids is 1. The third-order valence-electron chi connectivity index (χ3n) is 3.04. The molecule has 0 aliphatic carbocycles. The monoisotopic (exact) mass is 286 g/mol. The smallest absolute Gasteiger partial charge is 0.358 e. The molecule has 0 unspecified atom stereocenters. The van der Waals surface area contributed by atoms with Gasteiger partial charge in [-0.05, 0) is 25.5 Å². The Morgan fingerprint density at radius 3 is 2.52 bits per heavy atom. The van der Waals surface area contributed by atoms with Crippen LogP contribution in [0, 0.1) is 13.8 Å². The molecule has 0 spiro atoms. The fourth-order valence-electron chi connectivity index (χ4n) is 1.92. The number of aromatic nitrogens is 2. The number of carbonyl (C=O) groups is 1. The third kappa shape index (κ3) is 3.37. The van der Waals surface area contributed by atoms with Crippen molar-refractivity contribution in [2.75, 3.05) is 0 Å². The predicted molar refractivity (Wildman–Crippen MR) is 79.1 cm³/mol. The summed E-state index contributed by atoms with van der Waals surface area (Å²) in [6.45, 7) is 7.71. The summed E-state index contributed by atoms with van der Waals surface area (Å²) in [7, 11) is 0. The van der Waals surface area contributed by atoms with Crippen LogP contribution in [0.1, 0.15) is 47.2 Å². The van der Waals surface area contributed by atoms with Crippen molar-refractivity contribution in [2.24, 2.45) is 0 Å². The number of rotatable bonds is 4. The number of aryl methyl sites for hydroxylation is 2. The zero-order chi connectivity index (χ0) is 15.6. The van der Waals surface area contributed by atoms with Gasteiger partial charge in [0.05, 0.1) is 6.20 Å². The summed E-state index contributed by atoms with van der Waals surface area (Å²) in [5.41, 5.74) is 1.93. The van der Waals surface area contributed by atoms with Gasteiger partial charge >= 0.3 is 5.97 Å². The van der Waals surface area contributed by atoms with Gasteiger partial charge in [0.2, 0.25) is 0 Å². The van der Waals surface area contributed by atoms with E-state index in [4.69, 9.17) is 4.74 Å². The molecule has 1 aromatic heterocycles. The fraction of sp³-hybridized carbons (Fsp3) is 0.312. The number of hydrogen-bond donors (Lipinski definition) is 1. The Bertz CT molecular complexity index is 681. The van der Waals surface area contributed by atoms with E-state index in [0.717, 1.165) is 11.1 Å². The number of carboxylic acid groups (broad SMARTS) is 1. The van der Waals surface area contributed by atoms with Crippen molar-refractivity contribution >= 4 is 5.97 Å². The Hall–Kier alpha value is -2.43. The quantitative estimate of drug-likeness (QED) is 0.927. The zero-order valence-electron chi connectivity index (χ0n) is 12.5. The number of benzene rings is 1. The molecule has 2 aromatic rings. The second kappa shape index (κ2) is 5.91. The summed E-state index contributed by atoms with van der Waals surface area (Å²) in [4.78, 5) is 19.6. The highest BCUT2D eigenvalue weighted by molar-refractivity contribution is 5.88. The molecule has 0 saturated heterocycles. The van der Waals surface area contributed by atoms with Crippen molar-refractivity contribution in [1.82, 2.24) is 9.97 Å². The molecular formula is C16H18N2O3. The maximum absolute atomic E-state index is 11.4. The molecule has 0 aliphatic rings. The number of ether oxygens (including phenoxy) is 1. The molecule has 21 heavy (non-hydrogen) atoms. The van der Waals surface area contributed by atoms with Gasteiger partial charge in [-0.2, -0.15) is 0 Å². The minimum atomic E-state index is -1.13. The molecule has 0 saturated carbocycles. The Labute approximate surface area is 123 Å². The van der Waals surface area contributed by atoms with Crippen LogP contribution in [0.3, 0.4) is 0 Å². The molecular weight excluding hydrogens is 268 g/mol. The highest BCUT2D eigenvalue weighted by Crippen LogP contribution is 2.28. The highest BCUT2D eigenvalue weighted by Gasteiger charge is 2.18. The maximum Gasteiger partial charge on any atom is 0.358 e. The zero-order valence-corrected chi connectivity index (χ0v) is 12.5. The highest BCUT2D eigenvalue weighted by atomic mass is 16.5. The average Bonchev–Trinajstić information content (AvgIpc) is 2.41. The minimum absolute atomic E-state index is 0.0539. The van der Waals surface area contributed by atoms with Gasteiger partial charge < -0.3 is 9.84 Å². The molecule has 0 aliphatic heterocycles. The van der Waals surface area contributed by atoms with Crippen molar-refractivity contribution in [3.05, 3.63) is 47.0 Å². The molecule has 0 radical (unpaired) electrons. The lowest BCUT2D eigenvalue weighted by Gasteiger charge is -2.12. The molecule has 0 amide bonds. The van der Waals surface area contributed by atoms with E-state index < -0.39 is 5.97 Å². The summed E-state index contributed by atoms with van der Waals surface area (Å²) < 4.78 is 5.69. The average molecular weight is 286 g/mol. The molecule has 5 nitrogen and oxygen atoms in total. The summed E-state index contributed by atoms with van der Waals surface area (Å²) in [5.74, 6) is 0.167. The molecule has 1 N–H and O–H groups in total. The van der Waals surface area contributed by atoms with E-state index in [2.05, 4.69) is 9.97 Å². The Balaban J connectivity index is 2.41. The fourth-order valence-corrected chi connectivity index (χ4v) is 1.92. The van der Waals surface area contributed by atoms with E-state index in [1.54, 1.807) is 0 Å². The van der Waals surface area contributed by atoms with Crippen LogP contribution in [0.25, 0.3) is 0 Å². The van der Waals surface area contributed by atoms with Crippen molar-refractivity contribution in [3.63, 3.8) is 0 Å². The topological polar surface area (TPSA) is 72.3 Å². The van der Waals surface area contributed by atoms with Crippen molar-refractivity contribution < 1.29 is 14.6 Å². The minimum Gasteiger partial charge on any atom is -0.476 e. The normalized spacial score (nSPS) is 10.7. The molecule has 1 heterocycles. The van der Waals surface area contributed by atoms with Gasteiger partial charge in [0.25, 0.3) is 0 Å². The van der Waals surface area contributed by atoms with Crippen LogP contribution in [0.4, 0.5) is 0 Å². The summed E-state index contributed by atoms with van der Waals surface area (Å²) in [5, 5.41) is 9.29.